The first-order chi connectivity index (χ1) is 18.8. The Bertz CT molecular complexity index is 1420. The number of hydrogen-bond acceptors (Lipinski definition) is 7. The standard InChI is InChI=1S/C29H31FN6O3/c1-18(20-7-5-4-6-8-20)33-28-31-14-13-23(34-28)25-24(21-9-11-22(30)12-10-21)35-26(36-25)27-38-16-29(3,17-39-27)15-32-19(2)37/h4-14,18,27H,15-17H2,1-3H3,(H,32,37)(H,35,36)(H,31,33,34). The average Bonchev–Trinajstić information content (AvgIpc) is 3.39. The van der Waals surface area contributed by atoms with Crippen LogP contribution in [0.1, 0.15) is 44.5 Å². The maximum atomic E-state index is 13.7. The zero-order valence-corrected chi connectivity index (χ0v) is 22.1. The van der Waals surface area contributed by atoms with Crippen molar-refractivity contribution in [2.24, 2.45) is 5.41 Å². The zero-order chi connectivity index (χ0) is 27.4. The Morgan fingerprint density at radius 2 is 1.82 bits per heavy atom. The van der Waals surface area contributed by atoms with E-state index in [-0.39, 0.29) is 23.2 Å². The molecule has 3 N–H and O–H groups in total. The number of amides is 1. The molecule has 1 atom stereocenters. The number of benzene rings is 2. The van der Waals surface area contributed by atoms with Gasteiger partial charge in [0.05, 0.1) is 36.3 Å². The lowest BCUT2D eigenvalue weighted by Crippen LogP contribution is -2.45. The Labute approximate surface area is 226 Å². The van der Waals surface area contributed by atoms with Crippen molar-refractivity contribution < 1.29 is 18.7 Å². The molecular formula is C29H31FN6O3. The summed E-state index contributed by atoms with van der Waals surface area (Å²) in [7, 11) is 0. The van der Waals surface area contributed by atoms with E-state index in [1.54, 1.807) is 24.4 Å². The van der Waals surface area contributed by atoms with E-state index < -0.39 is 6.29 Å². The Morgan fingerprint density at radius 3 is 2.51 bits per heavy atom. The van der Waals surface area contributed by atoms with Gasteiger partial charge in [0.2, 0.25) is 18.1 Å². The number of hydrogen-bond donors (Lipinski definition) is 3. The molecular weight excluding hydrogens is 499 g/mol. The summed E-state index contributed by atoms with van der Waals surface area (Å²) >= 11 is 0. The molecule has 202 valence electrons. The van der Waals surface area contributed by atoms with Crippen LogP contribution >= 0.6 is 0 Å². The number of halogens is 1. The fourth-order valence-corrected chi connectivity index (χ4v) is 4.33. The fraction of sp³-hybridized carbons (Fsp3) is 0.310. The monoisotopic (exact) mass is 530 g/mol. The van der Waals surface area contributed by atoms with Gasteiger partial charge in [-0.05, 0) is 42.8 Å². The minimum Gasteiger partial charge on any atom is -0.356 e. The number of nitrogens with one attached hydrogen (secondary N) is 3. The van der Waals surface area contributed by atoms with Crippen LogP contribution in [0, 0.1) is 11.2 Å². The second kappa shape index (κ2) is 11.3. The van der Waals surface area contributed by atoms with Gasteiger partial charge in [-0.15, -0.1) is 0 Å². The molecule has 5 rings (SSSR count). The second-order valence-corrected chi connectivity index (χ2v) is 10.1. The summed E-state index contributed by atoms with van der Waals surface area (Å²) in [5.41, 5.74) is 3.29. The van der Waals surface area contributed by atoms with Crippen LogP contribution < -0.4 is 10.6 Å². The highest BCUT2D eigenvalue weighted by atomic mass is 19.1. The zero-order valence-electron chi connectivity index (χ0n) is 22.1. The predicted octanol–water partition coefficient (Wildman–Crippen LogP) is 5.03. The van der Waals surface area contributed by atoms with E-state index >= 15 is 0 Å². The van der Waals surface area contributed by atoms with Gasteiger partial charge in [0, 0.05) is 30.6 Å². The minimum atomic E-state index is -0.735. The Kier molecular flexibility index (Phi) is 7.67. The summed E-state index contributed by atoms with van der Waals surface area (Å²) in [5.74, 6) is 0.493. The SMILES string of the molecule is CC(=O)NCC1(C)COC(c2nc(-c3ccc(F)cc3)c(-c3ccnc(NC(C)c4ccccc4)n3)[nH]2)OC1. The van der Waals surface area contributed by atoms with Crippen LogP contribution in [0.4, 0.5) is 10.3 Å². The molecule has 1 amide bonds. The van der Waals surface area contributed by atoms with Crippen molar-refractivity contribution in [3.8, 4) is 22.6 Å². The molecule has 2 aromatic heterocycles. The third-order valence-electron chi connectivity index (χ3n) is 6.55. The van der Waals surface area contributed by atoms with Gasteiger partial charge in [0.15, 0.2) is 5.82 Å². The van der Waals surface area contributed by atoms with Gasteiger partial charge < -0.3 is 25.1 Å². The molecule has 10 heteroatoms. The molecule has 9 nitrogen and oxygen atoms in total. The summed E-state index contributed by atoms with van der Waals surface area (Å²) in [5, 5.41) is 6.18. The minimum absolute atomic E-state index is 0.00816. The topological polar surface area (TPSA) is 114 Å². The first-order valence-corrected chi connectivity index (χ1v) is 12.8. The number of carbonyl (C=O) groups excluding carboxylic acids is 1. The van der Waals surface area contributed by atoms with E-state index in [1.165, 1.54) is 19.1 Å². The number of rotatable bonds is 8. The molecule has 0 spiro atoms. The van der Waals surface area contributed by atoms with Crippen LogP contribution in [0.3, 0.4) is 0 Å². The fourth-order valence-electron chi connectivity index (χ4n) is 4.33. The molecule has 0 aliphatic carbocycles. The third kappa shape index (κ3) is 6.30. The van der Waals surface area contributed by atoms with Gasteiger partial charge in [-0.25, -0.2) is 19.3 Å². The van der Waals surface area contributed by atoms with Gasteiger partial charge in [-0.3, -0.25) is 4.79 Å². The van der Waals surface area contributed by atoms with Crippen LogP contribution in [0.5, 0.6) is 0 Å². The number of imidazole rings is 1. The lowest BCUT2D eigenvalue weighted by Gasteiger charge is -2.36. The third-order valence-corrected chi connectivity index (χ3v) is 6.55. The van der Waals surface area contributed by atoms with Crippen molar-refractivity contribution in [3.63, 3.8) is 0 Å². The van der Waals surface area contributed by atoms with Crippen LogP contribution in [-0.2, 0) is 14.3 Å². The van der Waals surface area contributed by atoms with Crippen molar-refractivity contribution >= 4 is 11.9 Å². The molecule has 1 fully saturated rings. The number of aromatic amines is 1. The number of nitrogens with zero attached hydrogens (tertiary/aromatic N) is 3. The van der Waals surface area contributed by atoms with E-state index in [4.69, 9.17) is 19.4 Å². The summed E-state index contributed by atoms with van der Waals surface area (Å²) in [4.78, 5) is 28.6. The van der Waals surface area contributed by atoms with E-state index in [2.05, 4.69) is 20.6 Å². The highest BCUT2D eigenvalue weighted by Crippen LogP contribution is 2.35. The largest absolute Gasteiger partial charge is 0.356 e. The molecule has 0 bridgehead atoms. The number of H-pyrrole nitrogens is 1. The van der Waals surface area contributed by atoms with Crippen LogP contribution in [0.15, 0.2) is 66.9 Å². The van der Waals surface area contributed by atoms with Crippen molar-refractivity contribution in [2.45, 2.75) is 33.1 Å². The quantitative estimate of drug-likeness (QED) is 0.293. The van der Waals surface area contributed by atoms with Crippen LogP contribution in [0.2, 0.25) is 0 Å². The van der Waals surface area contributed by atoms with E-state index in [1.807, 2.05) is 44.2 Å². The first-order valence-electron chi connectivity index (χ1n) is 12.8. The lowest BCUT2D eigenvalue weighted by molar-refractivity contribution is -0.232. The number of ether oxygens (including phenoxy) is 2. The summed E-state index contributed by atoms with van der Waals surface area (Å²) in [6.07, 6.45) is 0.944. The Morgan fingerprint density at radius 1 is 1.10 bits per heavy atom. The first kappa shape index (κ1) is 26.5. The van der Waals surface area contributed by atoms with Gasteiger partial charge in [-0.2, -0.15) is 0 Å². The van der Waals surface area contributed by atoms with Gasteiger partial charge in [-0.1, -0.05) is 37.3 Å². The molecule has 0 saturated carbocycles. The second-order valence-electron chi connectivity index (χ2n) is 10.1. The van der Waals surface area contributed by atoms with Gasteiger partial charge >= 0.3 is 0 Å². The van der Waals surface area contributed by atoms with Crippen LogP contribution in [-0.4, -0.2) is 45.6 Å². The molecule has 39 heavy (non-hydrogen) atoms. The van der Waals surface area contributed by atoms with Gasteiger partial charge in [0.25, 0.3) is 0 Å². The molecule has 1 aliphatic heterocycles. The van der Waals surface area contributed by atoms with Crippen molar-refractivity contribution in [3.05, 3.63) is 84.1 Å². The maximum Gasteiger partial charge on any atom is 0.223 e. The molecule has 3 heterocycles. The summed E-state index contributed by atoms with van der Waals surface area (Å²) in [6, 6.07) is 17.9. The molecule has 2 aromatic carbocycles. The molecule has 0 radical (unpaired) electrons. The molecule has 4 aromatic rings. The number of carbonyl (C=O) groups is 1. The van der Waals surface area contributed by atoms with E-state index in [9.17, 15) is 9.18 Å². The Balaban J connectivity index is 1.43. The highest BCUT2D eigenvalue weighted by Gasteiger charge is 2.35. The Hall–Kier alpha value is -4.15. The van der Waals surface area contributed by atoms with E-state index in [0.29, 0.717) is 54.2 Å². The smallest absolute Gasteiger partial charge is 0.223 e. The summed E-state index contributed by atoms with van der Waals surface area (Å²) in [6.45, 7) is 6.70. The maximum absolute atomic E-state index is 13.7. The van der Waals surface area contributed by atoms with Crippen molar-refractivity contribution in [1.29, 1.82) is 0 Å². The predicted molar refractivity (Wildman–Crippen MR) is 145 cm³/mol. The molecule has 1 aliphatic rings. The van der Waals surface area contributed by atoms with Crippen LogP contribution in [0.25, 0.3) is 22.6 Å². The number of anilines is 1. The molecule has 1 saturated heterocycles. The van der Waals surface area contributed by atoms with E-state index in [0.717, 1.165) is 5.56 Å². The van der Waals surface area contributed by atoms with Crippen molar-refractivity contribution in [2.75, 3.05) is 25.1 Å². The normalized spacial score (nSPS) is 19.8. The van der Waals surface area contributed by atoms with Crippen molar-refractivity contribution in [1.82, 2.24) is 25.3 Å². The highest BCUT2D eigenvalue weighted by molar-refractivity contribution is 5.77. The summed E-state index contributed by atoms with van der Waals surface area (Å²) < 4.78 is 25.7. The average molecular weight is 531 g/mol. The number of aromatic nitrogens is 4. The van der Waals surface area contributed by atoms with Gasteiger partial charge in [0.1, 0.15) is 5.82 Å². The molecule has 1 unspecified atom stereocenters. The lowest BCUT2D eigenvalue weighted by atomic mass is 9.92.